The van der Waals surface area contributed by atoms with Crippen molar-refractivity contribution in [3.8, 4) is 11.5 Å². The molecule has 2 N–H and O–H groups in total. The summed E-state index contributed by atoms with van der Waals surface area (Å²) in [5.74, 6) is 1.46. The maximum absolute atomic E-state index is 9.14. The number of ether oxygens (including phenoxy) is 2. The van der Waals surface area contributed by atoms with Gasteiger partial charge in [0.15, 0.2) is 11.5 Å². The molecule has 0 saturated carbocycles. The highest BCUT2D eigenvalue weighted by Gasteiger charge is 2.08. The number of aliphatic hydroxyl groups excluding tert-OH is 1. The molecule has 0 amide bonds. The number of rotatable bonds is 6. The fourth-order valence-electron chi connectivity index (χ4n) is 1.51. The zero-order valence-electron chi connectivity index (χ0n) is 10.4. The van der Waals surface area contributed by atoms with Gasteiger partial charge < -0.3 is 19.9 Å². The summed E-state index contributed by atoms with van der Waals surface area (Å²) in [6, 6.07) is 5.74. The first-order valence-electron chi connectivity index (χ1n) is 5.27. The van der Waals surface area contributed by atoms with E-state index in [1.165, 1.54) is 0 Å². The Labute approximate surface area is 108 Å². The molecule has 0 aliphatic carbocycles. The normalized spacial score (nSPS) is 11.5. The molecule has 98 valence electrons. The van der Waals surface area contributed by atoms with Crippen molar-refractivity contribution in [2.75, 3.05) is 20.8 Å². The number of benzene rings is 1. The van der Waals surface area contributed by atoms with Gasteiger partial charge in [-0.15, -0.1) is 12.4 Å². The van der Waals surface area contributed by atoms with Gasteiger partial charge in [-0.3, -0.25) is 0 Å². The number of methoxy groups -OCH3 is 2. The van der Waals surface area contributed by atoms with E-state index < -0.39 is 0 Å². The maximum Gasteiger partial charge on any atom is 0.165 e. The van der Waals surface area contributed by atoms with Gasteiger partial charge in [0.05, 0.1) is 20.3 Å². The second-order valence-electron chi connectivity index (χ2n) is 3.63. The Morgan fingerprint density at radius 2 is 2.00 bits per heavy atom. The minimum Gasteiger partial charge on any atom is -0.493 e. The molecule has 0 bridgehead atoms. The van der Waals surface area contributed by atoms with Crippen LogP contribution >= 0.6 is 12.4 Å². The van der Waals surface area contributed by atoms with Crippen molar-refractivity contribution < 1.29 is 14.6 Å². The van der Waals surface area contributed by atoms with Crippen LogP contribution < -0.4 is 14.8 Å². The topological polar surface area (TPSA) is 50.7 Å². The van der Waals surface area contributed by atoms with E-state index in [4.69, 9.17) is 14.6 Å². The van der Waals surface area contributed by atoms with E-state index in [0.717, 1.165) is 17.1 Å². The van der Waals surface area contributed by atoms with Crippen LogP contribution in [0, 0.1) is 0 Å². The third kappa shape index (κ3) is 4.81. The first-order valence-corrected chi connectivity index (χ1v) is 5.27. The predicted molar refractivity (Wildman–Crippen MR) is 70.2 cm³/mol. The van der Waals surface area contributed by atoms with E-state index in [2.05, 4.69) is 5.32 Å². The molecular formula is C12H20ClNO3. The Morgan fingerprint density at radius 1 is 1.29 bits per heavy atom. The van der Waals surface area contributed by atoms with Crippen molar-refractivity contribution in [3.05, 3.63) is 23.8 Å². The zero-order valence-corrected chi connectivity index (χ0v) is 11.2. The molecular weight excluding hydrogens is 242 g/mol. The van der Waals surface area contributed by atoms with Crippen LogP contribution in [0.3, 0.4) is 0 Å². The number of nitrogens with one attached hydrogen (secondary N) is 1. The van der Waals surface area contributed by atoms with Gasteiger partial charge in [0.2, 0.25) is 0 Å². The van der Waals surface area contributed by atoms with Crippen molar-refractivity contribution in [2.24, 2.45) is 0 Å². The van der Waals surface area contributed by atoms with E-state index in [9.17, 15) is 0 Å². The molecule has 1 atom stereocenters. The van der Waals surface area contributed by atoms with Gasteiger partial charge in [0.25, 0.3) is 0 Å². The van der Waals surface area contributed by atoms with E-state index in [1.807, 2.05) is 18.2 Å². The second-order valence-corrected chi connectivity index (χ2v) is 3.63. The van der Waals surface area contributed by atoms with E-state index in [0.29, 0.717) is 13.1 Å². The summed E-state index contributed by atoms with van der Waals surface area (Å²) in [5.41, 5.74) is 1.02. The van der Waals surface area contributed by atoms with Crippen molar-refractivity contribution in [1.82, 2.24) is 5.32 Å². The molecule has 0 radical (unpaired) electrons. The van der Waals surface area contributed by atoms with E-state index >= 15 is 0 Å². The van der Waals surface area contributed by atoms with Crippen LogP contribution in [0.2, 0.25) is 0 Å². The third-order valence-electron chi connectivity index (χ3n) is 2.24. The Kier molecular flexibility index (Phi) is 7.70. The molecule has 1 rings (SSSR count). The molecule has 1 aromatic carbocycles. The van der Waals surface area contributed by atoms with Gasteiger partial charge in [-0.2, -0.15) is 0 Å². The molecule has 5 heteroatoms. The van der Waals surface area contributed by atoms with Crippen molar-refractivity contribution in [2.45, 2.75) is 19.6 Å². The highest BCUT2D eigenvalue weighted by Crippen LogP contribution is 2.30. The number of halogens is 1. The summed E-state index contributed by atoms with van der Waals surface area (Å²) in [6.07, 6.45) is -0.350. The van der Waals surface area contributed by atoms with Crippen molar-refractivity contribution in [3.63, 3.8) is 0 Å². The number of hydrogen-bond acceptors (Lipinski definition) is 4. The summed E-state index contributed by atoms with van der Waals surface area (Å²) in [7, 11) is 3.24. The van der Waals surface area contributed by atoms with Crippen molar-refractivity contribution in [1.29, 1.82) is 0 Å². The Hall–Kier alpha value is -0.970. The van der Waals surface area contributed by atoms with Crippen LogP contribution in [0.15, 0.2) is 18.2 Å². The van der Waals surface area contributed by atoms with Crippen LogP contribution in [0.1, 0.15) is 12.5 Å². The number of hydrogen-bond donors (Lipinski definition) is 2. The molecule has 0 heterocycles. The molecule has 0 aliphatic rings. The highest BCUT2D eigenvalue weighted by molar-refractivity contribution is 5.85. The van der Waals surface area contributed by atoms with Gasteiger partial charge in [0, 0.05) is 18.7 Å². The molecule has 0 aliphatic heterocycles. The second kappa shape index (κ2) is 8.17. The monoisotopic (exact) mass is 261 g/mol. The summed E-state index contributed by atoms with van der Waals surface area (Å²) in [5, 5.41) is 12.3. The van der Waals surface area contributed by atoms with E-state index in [-0.39, 0.29) is 18.5 Å². The number of aliphatic hydroxyl groups is 1. The largest absolute Gasteiger partial charge is 0.493 e. The smallest absolute Gasteiger partial charge is 0.165 e. The molecule has 1 unspecified atom stereocenters. The summed E-state index contributed by atoms with van der Waals surface area (Å²) < 4.78 is 10.5. The summed E-state index contributed by atoms with van der Waals surface area (Å²) >= 11 is 0. The standard InChI is InChI=1S/C12H19NO3.ClH/c1-9(14)7-13-8-10-5-4-6-11(15-2)12(10)16-3;/h4-6,9,13-14H,7-8H2,1-3H3;1H. The summed E-state index contributed by atoms with van der Waals surface area (Å²) in [6.45, 7) is 2.95. The molecule has 0 saturated heterocycles. The van der Waals surface area contributed by atoms with Crippen molar-refractivity contribution >= 4 is 12.4 Å². The van der Waals surface area contributed by atoms with Crippen LogP contribution in [-0.2, 0) is 6.54 Å². The Morgan fingerprint density at radius 3 is 2.53 bits per heavy atom. The lowest BCUT2D eigenvalue weighted by molar-refractivity contribution is 0.191. The molecule has 17 heavy (non-hydrogen) atoms. The quantitative estimate of drug-likeness (QED) is 0.817. The van der Waals surface area contributed by atoms with Crippen LogP contribution in [0.5, 0.6) is 11.5 Å². The first kappa shape index (κ1) is 16.0. The summed E-state index contributed by atoms with van der Waals surface area (Å²) in [4.78, 5) is 0. The Bertz CT molecular complexity index is 332. The highest BCUT2D eigenvalue weighted by atomic mass is 35.5. The van der Waals surface area contributed by atoms with E-state index in [1.54, 1.807) is 21.1 Å². The third-order valence-corrected chi connectivity index (χ3v) is 2.24. The van der Waals surface area contributed by atoms with Crippen LogP contribution in [0.25, 0.3) is 0 Å². The number of para-hydroxylation sites is 1. The molecule has 0 aromatic heterocycles. The fourth-order valence-corrected chi connectivity index (χ4v) is 1.51. The maximum atomic E-state index is 9.14. The minimum absolute atomic E-state index is 0. The average Bonchev–Trinajstić information content (AvgIpc) is 2.28. The lowest BCUT2D eigenvalue weighted by Gasteiger charge is -2.13. The fraction of sp³-hybridized carbons (Fsp3) is 0.500. The van der Waals surface area contributed by atoms with Gasteiger partial charge in [0.1, 0.15) is 0 Å². The van der Waals surface area contributed by atoms with Crippen LogP contribution in [0.4, 0.5) is 0 Å². The van der Waals surface area contributed by atoms with Crippen LogP contribution in [-0.4, -0.2) is 32.0 Å². The molecule has 1 aromatic rings. The lowest BCUT2D eigenvalue weighted by Crippen LogP contribution is -2.24. The van der Waals surface area contributed by atoms with Gasteiger partial charge in [-0.25, -0.2) is 0 Å². The minimum atomic E-state index is -0.350. The average molecular weight is 262 g/mol. The van der Waals surface area contributed by atoms with Gasteiger partial charge in [-0.1, -0.05) is 12.1 Å². The Balaban J connectivity index is 0.00000256. The van der Waals surface area contributed by atoms with Gasteiger partial charge in [-0.05, 0) is 13.0 Å². The van der Waals surface area contributed by atoms with Gasteiger partial charge >= 0.3 is 0 Å². The SMILES string of the molecule is COc1cccc(CNCC(C)O)c1OC.Cl. The first-order chi connectivity index (χ1) is 7.69. The molecule has 0 fully saturated rings. The predicted octanol–water partition coefficient (Wildman–Crippen LogP) is 1.60. The lowest BCUT2D eigenvalue weighted by atomic mass is 10.2. The zero-order chi connectivity index (χ0) is 12.0. The molecule has 0 spiro atoms. The molecule has 4 nitrogen and oxygen atoms in total.